The van der Waals surface area contributed by atoms with Crippen LogP contribution in [-0.2, 0) is 0 Å². The summed E-state index contributed by atoms with van der Waals surface area (Å²) < 4.78 is 0. The lowest BCUT2D eigenvalue weighted by Crippen LogP contribution is -2.55. The van der Waals surface area contributed by atoms with Gasteiger partial charge in [0.1, 0.15) is 0 Å². The van der Waals surface area contributed by atoms with Gasteiger partial charge < -0.3 is 5.11 Å². The lowest BCUT2D eigenvalue weighted by Gasteiger charge is -2.45. The summed E-state index contributed by atoms with van der Waals surface area (Å²) in [5.41, 5.74) is 0.818. The number of carbonyl (C=O) groups excluding carboxylic acids is 1. The highest BCUT2D eigenvalue weighted by Gasteiger charge is 2.36. The summed E-state index contributed by atoms with van der Waals surface area (Å²) in [5.74, 6) is 0. The Hall–Kier alpha value is -1.10. The first kappa shape index (κ1) is 16.3. The molecule has 1 heterocycles. The number of likely N-dealkylation sites (tertiary alicyclic amines) is 1. The van der Waals surface area contributed by atoms with Gasteiger partial charge in [0.05, 0.1) is 6.61 Å². The van der Waals surface area contributed by atoms with Crippen molar-refractivity contribution in [2.75, 3.05) is 18.6 Å². The molecule has 4 nitrogen and oxygen atoms in total. The van der Waals surface area contributed by atoms with E-state index in [0.29, 0.717) is 6.04 Å². The summed E-state index contributed by atoms with van der Waals surface area (Å²) >= 11 is 5.84. The number of halogens is 1. The number of anilines is 1. The number of aliphatic hydroxyl groups is 1. The Balaban J connectivity index is 2.26. The minimum atomic E-state index is -0.456. The van der Waals surface area contributed by atoms with E-state index in [1.807, 2.05) is 37.4 Å². The maximum Gasteiger partial charge on any atom is 0.321 e. The molecule has 0 bridgehead atoms. The fourth-order valence-corrected chi connectivity index (χ4v) is 3.50. The first-order valence-corrected chi connectivity index (χ1v) is 7.82. The van der Waals surface area contributed by atoms with Crippen molar-refractivity contribution in [1.82, 2.24) is 4.90 Å². The van der Waals surface area contributed by atoms with E-state index in [4.69, 9.17) is 11.6 Å². The second kappa shape index (κ2) is 7.25. The van der Waals surface area contributed by atoms with Gasteiger partial charge in [0, 0.05) is 23.8 Å². The third-order valence-electron chi connectivity index (χ3n) is 4.51. The van der Waals surface area contributed by atoms with Crippen LogP contribution in [0.2, 0.25) is 0 Å². The highest BCUT2D eigenvalue weighted by atomic mass is 35.5. The number of nitrogens with zero attached hydrogens (tertiary/aromatic N) is 2. The predicted molar refractivity (Wildman–Crippen MR) is 85.9 cm³/mol. The Kier molecular flexibility index (Phi) is 5.62. The maximum absolute atomic E-state index is 11.9. The molecule has 1 aliphatic rings. The van der Waals surface area contributed by atoms with Crippen molar-refractivity contribution >= 4 is 22.7 Å². The SMILES string of the molecule is CC[C@H]1C[C@@H](N(C(=O)Cl)c2ccccc2)C[C@@H](CO)N1C. The molecular weight excluding hydrogens is 288 g/mol. The molecule has 1 amide bonds. The molecular formula is C16H23ClN2O2. The number of hydrogen-bond donors (Lipinski definition) is 1. The molecule has 5 heteroatoms. The molecule has 2 rings (SSSR count). The monoisotopic (exact) mass is 310 g/mol. The maximum atomic E-state index is 11.9. The van der Waals surface area contributed by atoms with E-state index < -0.39 is 5.37 Å². The molecule has 1 aliphatic heterocycles. The summed E-state index contributed by atoms with van der Waals surface area (Å²) in [6, 6.07) is 9.95. The van der Waals surface area contributed by atoms with Gasteiger partial charge in [-0.3, -0.25) is 14.6 Å². The average Bonchev–Trinajstić information content (AvgIpc) is 2.49. The van der Waals surface area contributed by atoms with E-state index in [-0.39, 0.29) is 18.7 Å². The molecule has 0 aliphatic carbocycles. The van der Waals surface area contributed by atoms with Crippen molar-refractivity contribution in [2.24, 2.45) is 0 Å². The fourth-order valence-electron chi connectivity index (χ4n) is 3.27. The first-order valence-electron chi connectivity index (χ1n) is 7.45. The van der Waals surface area contributed by atoms with Gasteiger partial charge in [-0.1, -0.05) is 25.1 Å². The van der Waals surface area contributed by atoms with Gasteiger partial charge in [-0.2, -0.15) is 0 Å². The quantitative estimate of drug-likeness (QED) is 0.686. The number of rotatable bonds is 4. The van der Waals surface area contributed by atoms with Crippen molar-refractivity contribution in [1.29, 1.82) is 0 Å². The third-order valence-corrected chi connectivity index (χ3v) is 4.69. The van der Waals surface area contributed by atoms with Crippen molar-refractivity contribution in [3.8, 4) is 0 Å². The number of aliphatic hydroxyl groups excluding tert-OH is 1. The molecule has 1 saturated heterocycles. The molecule has 1 fully saturated rings. The van der Waals surface area contributed by atoms with E-state index in [2.05, 4.69) is 11.8 Å². The summed E-state index contributed by atoms with van der Waals surface area (Å²) in [4.78, 5) is 15.8. The van der Waals surface area contributed by atoms with Gasteiger partial charge in [0.2, 0.25) is 0 Å². The van der Waals surface area contributed by atoms with Crippen LogP contribution < -0.4 is 4.90 Å². The molecule has 0 spiro atoms. The van der Waals surface area contributed by atoms with Gasteiger partial charge in [0.15, 0.2) is 0 Å². The van der Waals surface area contributed by atoms with Crippen molar-refractivity contribution in [3.63, 3.8) is 0 Å². The largest absolute Gasteiger partial charge is 0.395 e. The summed E-state index contributed by atoms with van der Waals surface area (Å²) in [5, 5.41) is 9.15. The second-order valence-corrected chi connectivity index (χ2v) is 5.97. The van der Waals surface area contributed by atoms with Gasteiger partial charge in [-0.15, -0.1) is 0 Å². The molecule has 0 radical (unpaired) electrons. The Bertz CT molecular complexity index is 455. The summed E-state index contributed by atoms with van der Waals surface area (Å²) in [6.07, 6.45) is 2.59. The third kappa shape index (κ3) is 3.57. The van der Waals surface area contributed by atoms with E-state index >= 15 is 0 Å². The minimum absolute atomic E-state index is 0.0238. The van der Waals surface area contributed by atoms with Crippen LogP contribution in [-0.4, -0.2) is 47.2 Å². The van der Waals surface area contributed by atoms with Gasteiger partial charge >= 0.3 is 5.37 Å². The molecule has 3 atom stereocenters. The van der Waals surface area contributed by atoms with Crippen LogP contribution in [0.25, 0.3) is 0 Å². The van der Waals surface area contributed by atoms with Crippen LogP contribution in [0.4, 0.5) is 10.5 Å². The zero-order valence-electron chi connectivity index (χ0n) is 12.6. The zero-order chi connectivity index (χ0) is 15.4. The molecule has 0 unspecified atom stereocenters. The van der Waals surface area contributed by atoms with E-state index in [0.717, 1.165) is 24.9 Å². The highest BCUT2D eigenvalue weighted by Crippen LogP contribution is 2.31. The number of piperidine rings is 1. The smallest absolute Gasteiger partial charge is 0.321 e. The number of hydrogen-bond acceptors (Lipinski definition) is 3. The molecule has 1 aromatic carbocycles. The molecule has 1 N–H and O–H groups in total. The topological polar surface area (TPSA) is 43.8 Å². The van der Waals surface area contributed by atoms with E-state index in [1.54, 1.807) is 4.90 Å². The Morgan fingerprint density at radius 2 is 1.95 bits per heavy atom. The fraction of sp³-hybridized carbons (Fsp3) is 0.562. The van der Waals surface area contributed by atoms with Crippen LogP contribution in [0, 0.1) is 0 Å². The highest BCUT2D eigenvalue weighted by molar-refractivity contribution is 6.66. The Morgan fingerprint density at radius 3 is 2.48 bits per heavy atom. The van der Waals surface area contributed by atoms with Crippen LogP contribution in [0.5, 0.6) is 0 Å². The number of para-hydroxylation sites is 1. The van der Waals surface area contributed by atoms with Crippen molar-refractivity contribution < 1.29 is 9.90 Å². The second-order valence-electron chi connectivity index (χ2n) is 5.65. The first-order chi connectivity index (χ1) is 10.1. The van der Waals surface area contributed by atoms with Crippen LogP contribution >= 0.6 is 11.6 Å². The van der Waals surface area contributed by atoms with Crippen molar-refractivity contribution in [2.45, 2.75) is 44.3 Å². The Morgan fingerprint density at radius 1 is 1.33 bits per heavy atom. The average molecular weight is 311 g/mol. The lowest BCUT2D eigenvalue weighted by atomic mass is 9.89. The number of amides is 1. The number of likely N-dealkylation sites (N-methyl/N-ethyl adjacent to an activating group) is 1. The molecule has 0 aromatic heterocycles. The van der Waals surface area contributed by atoms with Crippen molar-refractivity contribution in [3.05, 3.63) is 30.3 Å². The summed E-state index contributed by atoms with van der Waals surface area (Å²) in [7, 11) is 2.04. The zero-order valence-corrected chi connectivity index (χ0v) is 13.3. The van der Waals surface area contributed by atoms with Gasteiger partial charge in [-0.05, 0) is 50.0 Å². The van der Waals surface area contributed by atoms with Crippen LogP contribution in [0.15, 0.2) is 30.3 Å². The molecule has 21 heavy (non-hydrogen) atoms. The van der Waals surface area contributed by atoms with Gasteiger partial charge in [-0.25, -0.2) is 0 Å². The Labute approximate surface area is 131 Å². The standard InChI is InChI=1S/C16H23ClN2O2/c1-3-12-9-14(10-15(11-20)18(12)2)19(16(17)21)13-7-5-4-6-8-13/h4-8,12,14-15,20H,3,9-11H2,1-2H3/t12-,14+,15-/m0/s1. The lowest BCUT2D eigenvalue weighted by molar-refractivity contribution is 0.0571. The molecule has 1 aromatic rings. The number of benzene rings is 1. The number of carbonyl (C=O) groups is 1. The summed E-state index contributed by atoms with van der Waals surface area (Å²) in [6.45, 7) is 2.23. The van der Waals surface area contributed by atoms with E-state index in [9.17, 15) is 9.90 Å². The van der Waals surface area contributed by atoms with Crippen LogP contribution in [0.3, 0.4) is 0 Å². The normalized spacial score (nSPS) is 26.6. The molecule has 116 valence electrons. The predicted octanol–water partition coefficient (Wildman–Crippen LogP) is 3.09. The molecule has 0 saturated carbocycles. The minimum Gasteiger partial charge on any atom is -0.395 e. The van der Waals surface area contributed by atoms with E-state index in [1.165, 1.54) is 0 Å². The van der Waals surface area contributed by atoms with Gasteiger partial charge in [0.25, 0.3) is 0 Å². The van der Waals surface area contributed by atoms with Crippen LogP contribution in [0.1, 0.15) is 26.2 Å².